The van der Waals surface area contributed by atoms with Crippen LogP contribution in [0.3, 0.4) is 0 Å². The SMILES string of the molecule is COCCNCCN(C)CC1Cc2ccccc2O1. The molecule has 0 fully saturated rings. The molecular weight excluding hydrogens is 240 g/mol. The molecule has 1 aliphatic rings. The van der Waals surface area contributed by atoms with Crippen molar-refractivity contribution in [1.82, 2.24) is 10.2 Å². The molecule has 2 rings (SSSR count). The van der Waals surface area contributed by atoms with Crippen LogP contribution in [0.2, 0.25) is 0 Å². The molecule has 0 saturated carbocycles. The predicted molar refractivity (Wildman–Crippen MR) is 76.8 cm³/mol. The van der Waals surface area contributed by atoms with Gasteiger partial charge in [0.1, 0.15) is 11.9 Å². The molecule has 1 aliphatic heterocycles. The average molecular weight is 264 g/mol. The Bertz CT molecular complexity index is 359. The summed E-state index contributed by atoms with van der Waals surface area (Å²) in [5.41, 5.74) is 1.33. The molecule has 1 heterocycles. The molecule has 0 radical (unpaired) electrons. The third kappa shape index (κ3) is 4.49. The molecule has 4 nitrogen and oxygen atoms in total. The number of ether oxygens (including phenoxy) is 2. The van der Waals surface area contributed by atoms with Crippen LogP contribution in [0.25, 0.3) is 0 Å². The van der Waals surface area contributed by atoms with Gasteiger partial charge in [-0.3, -0.25) is 0 Å². The molecule has 1 unspecified atom stereocenters. The van der Waals surface area contributed by atoms with Gasteiger partial charge in [0, 0.05) is 39.7 Å². The molecule has 0 saturated heterocycles. The zero-order valence-electron chi connectivity index (χ0n) is 11.9. The standard InChI is InChI=1S/C15H24N2O2/c1-17(9-7-16-8-10-18-2)12-14-11-13-5-3-4-6-15(13)19-14/h3-6,14,16H,7-12H2,1-2H3. The van der Waals surface area contributed by atoms with Crippen molar-refractivity contribution in [3.8, 4) is 5.75 Å². The van der Waals surface area contributed by atoms with Gasteiger partial charge in [0.15, 0.2) is 0 Å². The Balaban J connectivity index is 1.63. The normalized spacial score (nSPS) is 17.5. The topological polar surface area (TPSA) is 33.7 Å². The number of nitrogens with one attached hydrogen (secondary N) is 1. The second-order valence-electron chi connectivity index (χ2n) is 5.06. The summed E-state index contributed by atoms with van der Waals surface area (Å²) in [5.74, 6) is 1.05. The van der Waals surface area contributed by atoms with Gasteiger partial charge in [-0.05, 0) is 18.7 Å². The third-order valence-electron chi connectivity index (χ3n) is 3.38. The number of hydrogen-bond donors (Lipinski definition) is 1. The van der Waals surface area contributed by atoms with Gasteiger partial charge in [-0.25, -0.2) is 0 Å². The van der Waals surface area contributed by atoms with Gasteiger partial charge in [-0.2, -0.15) is 0 Å². The van der Waals surface area contributed by atoms with E-state index in [1.807, 2.05) is 6.07 Å². The summed E-state index contributed by atoms with van der Waals surface area (Å²) in [6.07, 6.45) is 1.32. The van der Waals surface area contributed by atoms with Crippen LogP contribution in [0.15, 0.2) is 24.3 Å². The number of para-hydroxylation sites is 1. The number of nitrogens with zero attached hydrogens (tertiary/aromatic N) is 1. The Labute approximate surface area is 115 Å². The molecular formula is C15H24N2O2. The largest absolute Gasteiger partial charge is 0.488 e. The molecule has 1 aromatic carbocycles. The van der Waals surface area contributed by atoms with Crippen LogP contribution >= 0.6 is 0 Å². The second-order valence-corrected chi connectivity index (χ2v) is 5.06. The summed E-state index contributed by atoms with van der Waals surface area (Å²) in [6.45, 7) is 4.67. The average Bonchev–Trinajstić information content (AvgIpc) is 2.80. The van der Waals surface area contributed by atoms with E-state index in [4.69, 9.17) is 9.47 Å². The summed E-state index contributed by atoms with van der Waals surface area (Å²) in [6, 6.07) is 8.32. The maximum absolute atomic E-state index is 5.94. The van der Waals surface area contributed by atoms with Gasteiger partial charge < -0.3 is 19.7 Å². The zero-order valence-corrected chi connectivity index (χ0v) is 11.9. The minimum atomic E-state index is 0.293. The third-order valence-corrected chi connectivity index (χ3v) is 3.38. The van der Waals surface area contributed by atoms with E-state index in [9.17, 15) is 0 Å². The first kappa shape index (κ1) is 14.3. The smallest absolute Gasteiger partial charge is 0.123 e. The molecule has 1 aromatic rings. The lowest BCUT2D eigenvalue weighted by Gasteiger charge is -2.20. The molecule has 0 aliphatic carbocycles. The van der Waals surface area contributed by atoms with E-state index in [2.05, 4.69) is 35.5 Å². The van der Waals surface area contributed by atoms with Crippen LogP contribution in [0.5, 0.6) is 5.75 Å². The van der Waals surface area contributed by atoms with E-state index in [1.165, 1.54) is 5.56 Å². The molecule has 19 heavy (non-hydrogen) atoms. The molecule has 4 heteroatoms. The number of benzene rings is 1. The highest BCUT2D eigenvalue weighted by Crippen LogP contribution is 2.28. The van der Waals surface area contributed by atoms with Gasteiger partial charge in [0.2, 0.25) is 0 Å². The fourth-order valence-corrected chi connectivity index (χ4v) is 2.36. The first-order chi connectivity index (χ1) is 9.29. The highest BCUT2D eigenvalue weighted by atomic mass is 16.5. The van der Waals surface area contributed by atoms with Gasteiger partial charge in [-0.1, -0.05) is 18.2 Å². The molecule has 1 atom stereocenters. The van der Waals surface area contributed by atoms with E-state index < -0.39 is 0 Å². The van der Waals surface area contributed by atoms with E-state index in [0.717, 1.165) is 45.0 Å². The van der Waals surface area contributed by atoms with Crippen molar-refractivity contribution in [1.29, 1.82) is 0 Å². The van der Waals surface area contributed by atoms with Gasteiger partial charge in [-0.15, -0.1) is 0 Å². The number of methoxy groups -OCH3 is 1. The van der Waals surface area contributed by atoms with Gasteiger partial charge in [0.05, 0.1) is 6.61 Å². The lowest BCUT2D eigenvalue weighted by atomic mass is 10.1. The lowest BCUT2D eigenvalue weighted by molar-refractivity contribution is 0.166. The molecule has 0 amide bonds. The maximum Gasteiger partial charge on any atom is 0.123 e. The van der Waals surface area contributed by atoms with E-state index >= 15 is 0 Å². The van der Waals surface area contributed by atoms with Crippen LogP contribution in [-0.2, 0) is 11.2 Å². The molecule has 106 valence electrons. The molecule has 0 bridgehead atoms. The first-order valence-corrected chi connectivity index (χ1v) is 6.92. The minimum absolute atomic E-state index is 0.293. The molecule has 1 N–H and O–H groups in total. The first-order valence-electron chi connectivity index (χ1n) is 6.92. The van der Waals surface area contributed by atoms with Crippen LogP contribution in [-0.4, -0.2) is 57.9 Å². The Morgan fingerprint density at radius 2 is 2.21 bits per heavy atom. The number of rotatable bonds is 8. The van der Waals surface area contributed by atoms with Crippen LogP contribution < -0.4 is 10.1 Å². The maximum atomic E-state index is 5.94. The molecule has 0 spiro atoms. The quantitative estimate of drug-likeness (QED) is 0.714. The highest BCUT2D eigenvalue weighted by molar-refractivity contribution is 5.37. The van der Waals surface area contributed by atoms with Crippen molar-refractivity contribution in [3.05, 3.63) is 29.8 Å². The van der Waals surface area contributed by atoms with E-state index in [-0.39, 0.29) is 0 Å². The second kappa shape index (κ2) is 7.48. The number of hydrogen-bond acceptors (Lipinski definition) is 4. The fourth-order valence-electron chi connectivity index (χ4n) is 2.36. The van der Waals surface area contributed by atoms with Crippen LogP contribution in [0.4, 0.5) is 0 Å². The van der Waals surface area contributed by atoms with Crippen molar-refractivity contribution in [2.24, 2.45) is 0 Å². The molecule has 0 aromatic heterocycles. The van der Waals surface area contributed by atoms with E-state index in [0.29, 0.717) is 6.10 Å². The highest BCUT2D eigenvalue weighted by Gasteiger charge is 2.23. The van der Waals surface area contributed by atoms with Crippen molar-refractivity contribution >= 4 is 0 Å². The van der Waals surface area contributed by atoms with Gasteiger partial charge in [0.25, 0.3) is 0 Å². The van der Waals surface area contributed by atoms with Crippen LogP contribution in [0, 0.1) is 0 Å². The van der Waals surface area contributed by atoms with E-state index in [1.54, 1.807) is 7.11 Å². The minimum Gasteiger partial charge on any atom is -0.488 e. The number of likely N-dealkylation sites (N-methyl/N-ethyl adjacent to an activating group) is 1. The Morgan fingerprint density at radius 1 is 1.37 bits per heavy atom. The fraction of sp³-hybridized carbons (Fsp3) is 0.600. The summed E-state index contributed by atoms with van der Waals surface area (Å²) in [5, 5.41) is 3.35. The summed E-state index contributed by atoms with van der Waals surface area (Å²) in [4.78, 5) is 2.32. The summed E-state index contributed by atoms with van der Waals surface area (Å²) in [7, 11) is 3.87. The zero-order chi connectivity index (χ0) is 13.5. The Hall–Kier alpha value is -1.10. The van der Waals surface area contributed by atoms with Crippen molar-refractivity contribution in [2.75, 3.05) is 46.9 Å². The summed E-state index contributed by atoms with van der Waals surface area (Å²) < 4.78 is 10.9. The van der Waals surface area contributed by atoms with Crippen molar-refractivity contribution in [2.45, 2.75) is 12.5 Å². The van der Waals surface area contributed by atoms with Gasteiger partial charge >= 0.3 is 0 Å². The number of fused-ring (bicyclic) bond motifs is 1. The monoisotopic (exact) mass is 264 g/mol. The van der Waals surface area contributed by atoms with Crippen molar-refractivity contribution in [3.63, 3.8) is 0 Å². The lowest BCUT2D eigenvalue weighted by Crippen LogP contribution is -2.37. The predicted octanol–water partition coefficient (Wildman–Crippen LogP) is 1.16. The van der Waals surface area contributed by atoms with Crippen molar-refractivity contribution < 1.29 is 9.47 Å². The Kier molecular flexibility index (Phi) is 5.63. The van der Waals surface area contributed by atoms with Crippen LogP contribution in [0.1, 0.15) is 5.56 Å². The Morgan fingerprint density at radius 3 is 3.00 bits per heavy atom. The summed E-state index contributed by atoms with van der Waals surface area (Å²) >= 11 is 0.